The van der Waals surface area contributed by atoms with Gasteiger partial charge in [0, 0.05) is 16.9 Å². The van der Waals surface area contributed by atoms with Crippen LogP contribution in [0.2, 0.25) is 5.02 Å². The van der Waals surface area contributed by atoms with Crippen LogP contribution in [0.15, 0.2) is 36.5 Å². The van der Waals surface area contributed by atoms with Gasteiger partial charge < -0.3 is 5.32 Å². The molecule has 2 heterocycles. The Balaban J connectivity index is 1.73. The van der Waals surface area contributed by atoms with Crippen LogP contribution in [0.25, 0.3) is 0 Å². The zero-order valence-electron chi connectivity index (χ0n) is 12.2. The summed E-state index contributed by atoms with van der Waals surface area (Å²) in [6.45, 7) is 1.47. The number of carbonyl (C=O) groups is 3. The predicted molar refractivity (Wildman–Crippen MR) is 84.4 cm³/mol. The van der Waals surface area contributed by atoms with Gasteiger partial charge in [-0.15, -0.1) is 0 Å². The molecule has 0 unspecified atom stereocenters. The molecule has 3 rings (SSSR count). The van der Waals surface area contributed by atoms with Crippen LogP contribution in [-0.4, -0.2) is 34.2 Å². The minimum atomic E-state index is -0.567. The third-order valence-electron chi connectivity index (χ3n) is 3.49. The number of pyridine rings is 1. The van der Waals surface area contributed by atoms with Gasteiger partial charge in [-0.25, -0.2) is 0 Å². The van der Waals surface area contributed by atoms with E-state index in [0.717, 1.165) is 10.5 Å². The number of nitrogens with one attached hydrogen (secondary N) is 1. The minimum Gasteiger partial charge on any atom is -0.324 e. The number of hydrogen-bond donors (Lipinski definition) is 1. The Labute approximate surface area is 137 Å². The second kappa shape index (κ2) is 5.81. The summed E-state index contributed by atoms with van der Waals surface area (Å²) in [5.74, 6) is -1.57. The normalized spacial score (nSPS) is 13.2. The minimum absolute atomic E-state index is 0.0729. The highest BCUT2D eigenvalue weighted by atomic mass is 35.5. The van der Waals surface area contributed by atoms with Crippen molar-refractivity contribution in [2.24, 2.45) is 0 Å². The van der Waals surface area contributed by atoms with E-state index in [-0.39, 0.29) is 17.8 Å². The molecule has 1 aromatic carbocycles. The Kier molecular flexibility index (Phi) is 3.83. The highest BCUT2D eigenvalue weighted by Gasteiger charge is 2.37. The van der Waals surface area contributed by atoms with E-state index in [1.54, 1.807) is 24.3 Å². The number of benzene rings is 1. The summed E-state index contributed by atoms with van der Waals surface area (Å²) in [6, 6.07) is 8.16. The average Bonchev–Trinajstić information content (AvgIpc) is 2.76. The predicted octanol–water partition coefficient (Wildman–Crippen LogP) is 2.28. The molecule has 1 aliphatic rings. The van der Waals surface area contributed by atoms with E-state index in [1.165, 1.54) is 12.3 Å². The lowest BCUT2D eigenvalue weighted by molar-refractivity contribution is -0.116. The monoisotopic (exact) mass is 329 g/mol. The van der Waals surface area contributed by atoms with Crippen LogP contribution in [0.1, 0.15) is 26.4 Å². The second-order valence-electron chi connectivity index (χ2n) is 5.11. The third kappa shape index (κ3) is 2.80. The molecule has 1 aromatic heterocycles. The first-order valence-corrected chi connectivity index (χ1v) is 7.22. The van der Waals surface area contributed by atoms with Crippen molar-refractivity contribution in [3.63, 3.8) is 0 Å². The summed E-state index contributed by atoms with van der Waals surface area (Å²) in [6.07, 6.45) is 1.43. The number of halogens is 1. The molecule has 116 valence electrons. The van der Waals surface area contributed by atoms with Gasteiger partial charge in [-0.05, 0) is 36.8 Å². The van der Waals surface area contributed by atoms with Gasteiger partial charge in [0.25, 0.3) is 11.8 Å². The zero-order valence-corrected chi connectivity index (χ0v) is 12.9. The van der Waals surface area contributed by atoms with Crippen molar-refractivity contribution in [2.45, 2.75) is 6.92 Å². The topological polar surface area (TPSA) is 79.4 Å². The fourth-order valence-electron chi connectivity index (χ4n) is 2.27. The van der Waals surface area contributed by atoms with E-state index in [2.05, 4.69) is 10.3 Å². The molecule has 1 aliphatic heterocycles. The van der Waals surface area contributed by atoms with Crippen molar-refractivity contribution in [1.29, 1.82) is 0 Å². The highest BCUT2D eigenvalue weighted by Crippen LogP contribution is 2.22. The number of nitrogens with zero attached hydrogens (tertiary/aromatic N) is 2. The summed E-state index contributed by atoms with van der Waals surface area (Å²) in [5.41, 5.74) is 1.67. The van der Waals surface area contributed by atoms with Crippen molar-refractivity contribution < 1.29 is 14.4 Å². The van der Waals surface area contributed by atoms with Crippen molar-refractivity contribution in [3.05, 3.63) is 58.4 Å². The lowest BCUT2D eigenvalue weighted by Crippen LogP contribution is -2.37. The van der Waals surface area contributed by atoms with Crippen molar-refractivity contribution in [1.82, 2.24) is 9.88 Å². The summed E-state index contributed by atoms with van der Waals surface area (Å²) < 4.78 is 0. The van der Waals surface area contributed by atoms with E-state index in [0.29, 0.717) is 10.7 Å². The molecule has 1 N–H and O–H groups in total. The van der Waals surface area contributed by atoms with Gasteiger partial charge in [-0.1, -0.05) is 17.7 Å². The van der Waals surface area contributed by atoms with Gasteiger partial charge in [0.2, 0.25) is 5.91 Å². The van der Waals surface area contributed by atoms with E-state index < -0.39 is 17.7 Å². The summed E-state index contributed by atoms with van der Waals surface area (Å²) >= 11 is 6.00. The summed E-state index contributed by atoms with van der Waals surface area (Å²) in [4.78, 5) is 41.1. The Morgan fingerprint density at radius 1 is 1.26 bits per heavy atom. The van der Waals surface area contributed by atoms with Crippen LogP contribution in [0, 0.1) is 6.92 Å². The number of carbonyl (C=O) groups excluding carboxylic acids is 3. The van der Waals surface area contributed by atoms with Gasteiger partial charge in [0.05, 0.1) is 5.56 Å². The molecule has 0 saturated heterocycles. The van der Waals surface area contributed by atoms with Crippen LogP contribution in [-0.2, 0) is 4.79 Å². The molecule has 0 aliphatic carbocycles. The van der Waals surface area contributed by atoms with Crippen molar-refractivity contribution in [3.8, 4) is 0 Å². The number of imide groups is 1. The van der Waals surface area contributed by atoms with Gasteiger partial charge in [0.15, 0.2) is 0 Å². The fraction of sp³-hybridized carbons (Fsp3) is 0.125. The van der Waals surface area contributed by atoms with Gasteiger partial charge in [-0.3, -0.25) is 24.3 Å². The second-order valence-corrected chi connectivity index (χ2v) is 5.52. The first kappa shape index (κ1) is 15.2. The zero-order chi connectivity index (χ0) is 16.6. The number of aromatic nitrogens is 1. The van der Waals surface area contributed by atoms with Crippen LogP contribution in [0.5, 0.6) is 0 Å². The smallest absolute Gasteiger partial charge is 0.280 e. The molecule has 6 nitrogen and oxygen atoms in total. The number of rotatable bonds is 3. The molecule has 0 fully saturated rings. The van der Waals surface area contributed by atoms with Gasteiger partial charge >= 0.3 is 0 Å². The summed E-state index contributed by atoms with van der Waals surface area (Å²) in [5, 5.41) is 3.14. The standard InChI is InChI=1S/C16H12ClN3O3/c1-9-4-5-10(7-12(9)17)19-13(21)8-20-15(22)11-3-2-6-18-14(11)16(20)23/h2-7H,8H2,1H3,(H,19,21). The lowest BCUT2D eigenvalue weighted by Gasteiger charge is -2.13. The van der Waals surface area contributed by atoms with E-state index in [1.807, 2.05) is 6.92 Å². The van der Waals surface area contributed by atoms with E-state index in [9.17, 15) is 14.4 Å². The molecular formula is C16H12ClN3O3. The van der Waals surface area contributed by atoms with Gasteiger partial charge in [-0.2, -0.15) is 0 Å². The molecular weight excluding hydrogens is 318 g/mol. The lowest BCUT2D eigenvalue weighted by atomic mass is 10.2. The molecule has 3 amide bonds. The first-order valence-electron chi connectivity index (χ1n) is 6.84. The van der Waals surface area contributed by atoms with E-state index >= 15 is 0 Å². The summed E-state index contributed by atoms with van der Waals surface area (Å²) in [7, 11) is 0. The van der Waals surface area contributed by atoms with Gasteiger partial charge in [0.1, 0.15) is 12.2 Å². The largest absolute Gasteiger partial charge is 0.324 e. The average molecular weight is 330 g/mol. The molecule has 2 aromatic rings. The van der Waals surface area contributed by atoms with Crippen molar-refractivity contribution in [2.75, 3.05) is 11.9 Å². The number of hydrogen-bond acceptors (Lipinski definition) is 4. The van der Waals surface area contributed by atoms with E-state index in [4.69, 9.17) is 11.6 Å². The maximum Gasteiger partial charge on any atom is 0.280 e. The number of aryl methyl sites for hydroxylation is 1. The molecule has 0 atom stereocenters. The molecule has 0 radical (unpaired) electrons. The molecule has 0 bridgehead atoms. The third-order valence-corrected chi connectivity index (χ3v) is 3.90. The van der Waals surface area contributed by atoms with Crippen LogP contribution in [0.4, 0.5) is 5.69 Å². The Hall–Kier alpha value is -2.73. The van der Waals surface area contributed by atoms with Crippen LogP contribution in [0.3, 0.4) is 0 Å². The van der Waals surface area contributed by atoms with Crippen molar-refractivity contribution >= 4 is 35.0 Å². The SMILES string of the molecule is Cc1ccc(NC(=O)CN2C(=O)c3cccnc3C2=O)cc1Cl. The maximum atomic E-state index is 12.2. The number of anilines is 1. The van der Waals surface area contributed by atoms with Crippen LogP contribution >= 0.6 is 11.6 Å². The molecule has 0 saturated carbocycles. The first-order chi connectivity index (χ1) is 11.0. The molecule has 23 heavy (non-hydrogen) atoms. The Bertz CT molecular complexity index is 800. The molecule has 7 heteroatoms. The Morgan fingerprint density at radius 2 is 2.04 bits per heavy atom. The number of fused-ring (bicyclic) bond motifs is 1. The fourth-order valence-corrected chi connectivity index (χ4v) is 2.45. The van der Waals surface area contributed by atoms with Crippen LogP contribution < -0.4 is 5.32 Å². The number of amides is 3. The Morgan fingerprint density at radius 3 is 2.74 bits per heavy atom. The quantitative estimate of drug-likeness (QED) is 0.876. The maximum absolute atomic E-state index is 12.2. The highest BCUT2D eigenvalue weighted by molar-refractivity contribution is 6.31. The molecule has 0 spiro atoms.